The summed E-state index contributed by atoms with van der Waals surface area (Å²) in [5.74, 6) is -1.51. The molecule has 1 aliphatic rings. The molecule has 0 N–H and O–H groups in total. The molecule has 0 radical (unpaired) electrons. The van der Waals surface area contributed by atoms with Crippen molar-refractivity contribution in [3.05, 3.63) is 71.0 Å². The van der Waals surface area contributed by atoms with Crippen LogP contribution in [-0.2, 0) is 4.74 Å². The Bertz CT molecular complexity index is 924. The summed E-state index contributed by atoms with van der Waals surface area (Å²) in [6, 6.07) is 15.5. The number of fused-ring (bicyclic) bond motifs is 1. The third kappa shape index (κ3) is 2.59. The van der Waals surface area contributed by atoms with E-state index in [9.17, 15) is 9.59 Å². The smallest absolute Gasteiger partial charge is 0.367 e. The molecule has 5 nitrogen and oxygen atoms in total. The largest absolute Gasteiger partial charge is 0.383 e. The summed E-state index contributed by atoms with van der Waals surface area (Å²) in [5.41, 5.74) is 4.91. The molecule has 3 aromatic rings. The molecule has 0 spiro atoms. The van der Waals surface area contributed by atoms with Crippen molar-refractivity contribution in [1.29, 1.82) is 0 Å². The number of rotatable bonds is 2. The second-order valence-corrected chi connectivity index (χ2v) is 6.03. The number of cyclic esters (lactones) is 2. The van der Waals surface area contributed by atoms with Crippen molar-refractivity contribution in [3.63, 3.8) is 0 Å². The zero-order valence-electron chi connectivity index (χ0n) is 13.7. The lowest BCUT2D eigenvalue weighted by Crippen LogP contribution is -2.04. The fourth-order valence-corrected chi connectivity index (χ4v) is 2.73. The van der Waals surface area contributed by atoms with Gasteiger partial charge in [0.2, 0.25) is 0 Å². The summed E-state index contributed by atoms with van der Waals surface area (Å²) >= 11 is 0. The molecule has 4 rings (SSSR count). The number of hydrogen-bond donors (Lipinski definition) is 0. The number of carbonyl (C=O) groups is 2. The van der Waals surface area contributed by atoms with Crippen molar-refractivity contribution in [2.45, 2.75) is 13.8 Å². The Balaban J connectivity index is 1.99. The summed E-state index contributed by atoms with van der Waals surface area (Å²) in [5, 5.41) is 0. The Morgan fingerprint density at radius 2 is 0.960 bits per heavy atom. The lowest BCUT2D eigenvalue weighted by Gasteiger charge is -2.10. The van der Waals surface area contributed by atoms with Crippen LogP contribution in [0.2, 0.25) is 0 Å². The highest BCUT2D eigenvalue weighted by molar-refractivity contribution is 6.13. The topological polar surface area (TPSA) is 69.2 Å². The number of ether oxygens (including phenoxy) is 1. The normalized spacial score (nSPS) is 12.9. The molecule has 1 aliphatic heterocycles. The van der Waals surface area contributed by atoms with Crippen LogP contribution in [0.4, 0.5) is 0 Å². The van der Waals surface area contributed by atoms with Crippen LogP contribution in [0.5, 0.6) is 0 Å². The van der Waals surface area contributed by atoms with E-state index in [0.29, 0.717) is 11.4 Å². The average Bonchev–Trinajstić information content (AvgIpc) is 2.89. The lowest BCUT2D eigenvalue weighted by atomic mass is 10.0. The second kappa shape index (κ2) is 5.63. The van der Waals surface area contributed by atoms with Gasteiger partial charge in [0.05, 0.1) is 11.4 Å². The average molecular weight is 330 g/mol. The lowest BCUT2D eigenvalue weighted by molar-refractivity contribution is 0.0439. The fourth-order valence-electron chi connectivity index (χ4n) is 2.73. The molecule has 5 heteroatoms. The summed E-state index contributed by atoms with van der Waals surface area (Å²) in [6.07, 6.45) is 0. The quantitative estimate of drug-likeness (QED) is 0.529. The van der Waals surface area contributed by atoms with E-state index in [1.165, 1.54) is 0 Å². The number of aromatic nitrogens is 2. The molecule has 0 aliphatic carbocycles. The van der Waals surface area contributed by atoms with E-state index in [2.05, 4.69) is 14.7 Å². The molecule has 0 saturated carbocycles. The number of aryl methyl sites for hydroxylation is 2. The van der Waals surface area contributed by atoms with Gasteiger partial charge in [-0.25, -0.2) is 19.6 Å². The van der Waals surface area contributed by atoms with Gasteiger partial charge in [-0.05, 0) is 13.8 Å². The summed E-state index contributed by atoms with van der Waals surface area (Å²) < 4.78 is 4.65. The number of carbonyl (C=O) groups excluding carboxylic acids is 2. The van der Waals surface area contributed by atoms with Crippen molar-refractivity contribution >= 4 is 11.9 Å². The Labute approximate surface area is 144 Å². The molecule has 0 fully saturated rings. The van der Waals surface area contributed by atoms with E-state index in [1.54, 1.807) is 0 Å². The van der Waals surface area contributed by atoms with Crippen molar-refractivity contribution in [3.8, 4) is 22.5 Å². The van der Waals surface area contributed by atoms with Crippen molar-refractivity contribution in [1.82, 2.24) is 9.97 Å². The van der Waals surface area contributed by atoms with Crippen LogP contribution >= 0.6 is 0 Å². The molecule has 0 unspecified atom stereocenters. The molecule has 0 atom stereocenters. The summed E-state index contributed by atoms with van der Waals surface area (Å²) in [6.45, 7) is 3.99. The van der Waals surface area contributed by atoms with Gasteiger partial charge in [-0.1, -0.05) is 59.7 Å². The Kier molecular flexibility index (Phi) is 3.42. The van der Waals surface area contributed by atoms with E-state index in [1.807, 2.05) is 62.4 Å². The highest BCUT2D eigenvalue weighted by Crippen LogP contribution is 2.32. The fraction of sp³-hybridized carbons (Fsp3) is 0.100. The minimum atomic E-state index is -0.753. The molecule has 0 amide bonds. The number of benzene rings is 2. The van der Waals surface area contributed by atoms with Crippen LogP contribution in [0.1, 0.15) is 32.1 Å². The van der Waals surface area contributed by atoms with E-state index >= 15 is 0 Å². The SMILES string of the molecule is Cc1ccc(-c2nc3c(nc2-c2ccc(C)cc2)C(=O)OC3=O)cc1. The number of hydrogen-bond acceptors (Lipinski definition) is 5. The Morgan fingerprint density at radius 3 is 1.32 bits per heavy atom. The van der Waals surface area contributed by atoms with E-state index in [0.717, 1.165) is 22.3 Å². The van der Waals surface area contributed by atoms with Crippen LogP contribution in [0, 0.1) is 13.8 Å². The van der Waals surface area contributed by atoms with Crippen LogP contribution < -0.4 is 0 Å². The van der Waals surface area contributed by atoms with Crippen molar-refractivity contribution in [2.75, 3.05) is 0 Å². The third-order valence-corrected chi connectivity index (χ3v) is 4.12. The maximum atomic E-state index is 11.9. The van der Waals surface area contributed by atoms with E-state index in [-0.39, 0.29) is 11.4 Å². The predicted octanol–water partition coefficient (Wildman–Crippen LogP) is 3.74. The first kappa shape index (κ1) is 15.2. The molecule has 25 heavy (non-hydrogen) atoms. The van der Waals surface area contributed by atoms with Crippen molar-refractivity contribution < 1.29 is 14.3 Å². The third-order valence-electron chi connectivity index (χ3n) is 4.12. The zero-order chi connectivity index (χ0) is 17.6. The molecule has 122 valence electrons. The van der Waals surface area contributed by atoms with Gasteiger partial charge in [-0.15, -0.1) is 0 Å². The highest BCUT2D eigenvalue weighted by atomic mass is 16.6. The molecular weight excluding hydrogens is 316 g/mol. The molecular formula is C20H14N2O3. The van der Waals surface area contributed by atoms with Crippen LogP contribution in [0.15, 0.2) is 48.5 Å². The predicted molar refractivity (Wildman–Crippen MR) is 92.1 cm³/mol. The van der Waals surface area contributed by atoms with Gasteiger partial charge >= 0.3 is 11.9 Å². The van der Waals surface area contributed by atoms with Crippen LogP contribution in [-0.4, -0.2) is 21.9 Å². The van der Waals surface area contributed by atoms with Gasteiger partial charge in [0.15, 0.2) is 11.4 Å². The van der Waals surface area contributed by atoms with Crippen LogP contribution in [0.25, 0.3) is 22.5 Å². The van der Waals surface area contributed by atoms with Crippen molar-refractivity contribution in [2.24, 2.45) is 0 Å². The second-order valence-electron chi connectivity index (χ2n) is 6.03. The minimum Gasteiger partial charge on any atom is -0.383 e. The van der Waals surface area contributed by atoms with Gasteiger partial charge < -0.3 is 4.74 Å². The highest BCUT2D eigenvalue weighted by Gasteiger charge is 2.35. The van der Waals surface area contributed by atoms with Crippen LogP contribution in [0.3, 0.4) is 0 Å². The van der Waals surface area contributed by atoms with Gasteiger partial charge in [-0.3, -0.25) is 0 Å². The van der Waals surface area contributed by atoms with Gasteiger partial charge in [0, 0.05) is 11.1 Å². The monoisotopic (exact) mass is 330 g/mol. The first-order valence-corrected chi connectivity index (χ1v) is 7.85. The molecule has 0 bridgehead atoms. The number of esters is 2. The minimum absolute atomic E-state index is 0.0311. The van der Waals surface area contributed by atoms with Gasteiger partial charge in [0.1, 0.15) is 0 Å². The molecule has 1 aromatic heterocycles. The summed E-state index contributed by atoms with van der Waals surface area (Å²) in [7, 11) is 0. The first-order chi connectivity index (χ1) is 12.0. The Morgan fingerprint density at radius 1 is 0.600 bits per heavy atom. The zero-order valence-corrected chi connectivity index (χ0v) is 13.7. The summed E-state index contributed by atoms with van der Waals surface area (Å²) in [4.78, 5) is 32.6. The first-order valence-electron chi connectivity index (χ1n) is 7.85. The molecule has 2 aromatic carbocycles. The van der Waals surface area contributed by atoms with E-state index in [4.69, 9.17) is 0 Å². The van der Waals surface area contributed by atoms with Gasteiger partial charge in [-0.2, -0.15) is 0 Å². The molecule has 2 heterocycles. The maximum Gasteiger partial charge on any atom is 0.367 e. The van der Waals surface area contributed by atoms with Gasteiger partial charge in [0.25, 0.3) is 0 Å². The number of nitrogens with zero attached hydrogens (tertiary/aromatic N) is 2. The molecule has 0 saturated heterocycles. The standard InChI is InChI=1S/C20H14N2O3/c1-11-3-7-13(8-4-11)15-16(14-9-5-12(2)6-10-14)22-18-17(21-15)19(23)25-20(18)24/h3-10H,1-2H3. The van der Waals surface area contributed by atoms with E-state index < -0.39 is 11.9 Å². The Hall–Kier alpha value is -3.34. The maximum absolute atomic E-state index is 11.9.